The number of carboxylic acid groups (broad SMARTS) is 1. The first kappa shape index (κ1) is 22.7. The van der Waals surface area contributed by atoms with Gasteiger partial charge in [-0.3, -0.25) is 14.4 Å². The van der Waals surface area contributed by atoms with Crippen LogP contribution in [-0.4, -0.2) is 46.8 Å². The maximum absolute atomic E-state index is 14.0. The highest BCUT2D eigenvalue weighted by atomic mass is 19.1. The Morgan fingerprint density at radius 2 is 1.91 bits per heavy atom. The van der Waals surface area contributed by atoms with Gasteiger partial charge in [-0.2, -0.15) is 0 Å². The van der Waals surface area contributed by atoms with Gasteiger partial charge in [0.15, 0.2) is 11.8 Å². The van der Waals surface area contributed by atoms with Crippen molar-refractivity contribution in [1.82, 2.24) is 15.5 Å². The molecule has 2 atom stereocenters. The summed E-state index contributed by atoms with van der Waals surface area (Å²) in [6, 6.07) is 9.95. The van der Waals surface area contributed by atoms with Crippen molar-refractivity contribution in [3.63, 3.8) is 0 Å². The minimum atomic E-state index is -1.39. The molecule has 0 spiro atoms. The van der Waals surface area contributed by atoms with Crippen LogP contribution in [0.15, 0.2) is 60.8 Å². The Labute approximate surface area is 183 Å². The third kappa shape index (κ3) is 5.57. The summed E-state index contributed by atoms with van der Waals surface area (Å²) in [5.74, 6) is -2.68. The molecule has 0 saturated carbocycles. The van der Waals surface area contributed by atoms with E-state index in [4.69, 9.17) is 0 Å². The van der Waals surface area contributed by atoms with Gasteiger partial charge in [-0.1, -0.05) is 42.5 Å². The maximum atomic E-state index is 14.0. The molecule has 2 aromatic carbocycles. The lowest BCUT2D eigenvalue weighted by atomic mass is 9.98. The Kier molecular flexibility index (Phi) is 6.99. The fourth-order valence-corrected chi connectivity index (χ4v) is 3.35. The van der Waals surface area contributed by atoms with Crippen molar-refractivity contribution in [3.05, 3.63) is 83.3 Å². The molecular formula is C23H22FN3O5. The second-order valence-corrected chi connectivity index (χ2v) is 7.38. The molecule has 3 N–H and O–H groups in total. The zero-order valence-electron chi connectivity index (χ0n) is 17.2. The molecule has 1 heterocycles. The van der Waals surface area contributed by atoms with Crippen LogP contribution in [0.5, 0.6) is 0 Å². The zero-order valence-corrected chi connectivity index (χ0v) is 17.2. The molecule has 2 aromatic rings. The SMILES string of the molecule is CN1C=CC(=O)C(NC(=O)NC(CC(=O)O)c2cccc(Cc3ccccc3F)c2)C1=O. The Balaban J connectivity index is 1.76. The Morgan fingerprint density at radius 1 is 1.16 bits per heavy atom. The first-order valence-corrected chi connectivity index (χ1v) is 9.84. The monoisotopic (exact) mass is 439 g/mol. The molecule has 32 heavy (non-hydrogen) atoms. The summed E-state index contributed by atoms with van der Waals surface area (Å²) in [5.41, 5.74) is 1.71. The molecule has 0 aliphatic carbocycles. The van der Waals surface area contributed by atoms with Crippen LogP contribution < -0.4 is 10.6 Å². The number of rotatable bonds is 7. The second-order valence-electron chi connectivity index (χ2n) is 7.38. The summed E-state index contributed by atoms with van der Waals surface area (Å²) >= 11 is 0. The maximum Gasteiger partial charge on any atom is 0.316 e. The summed E-state index contributed by atoms with van der Waals surface area (Å²) in [6.07, 6.45) is 2.33. The van der Waals surface area contributed by atoms with E-state index in [0.717, 1.165) is 5.56 Å². The summed E-state index contributed by atoms with van der Waals surface area (Å²) in [4.78, 5) is 49.1. The lowest BCUT2D eigenvalue weighted by Gasteiger charge is -2.25. The van der Waals surface area contributed by atoms with E-state index in [2.05, 4.69) is 10.6 Å². The van der Waals surface area contributed by atoms with Crippen LogP contribution in [0.2, 0.25) is 0 Å². The van der Waals surface area contributed by atoms with Crippen LogP contribution in [0.25, 0.3) is 0 Å². The number of nitrogens with one attached hydrogen (secondary N) is 2. The Morgan fingerprint density at radius 3 is 2.62 bits per heavy atom. The van der Waals surface area contributed by atoms with Gasteiger partial charge < -0.3 is 20.6 Å². The number of urea groups is 1. The van der Waals surface area contributed by atoms with Crippen molar-refractivity contribution >= 4 is 23.7 Å². The summed E-state index contributed by atoms with van der Waals surface area (Å²) in [6.45, 7) is 0. The molecule has 9 heteroatoms. The van der Waals surface area contributed by atoms with E-state index >= 15 is 0 Å². The number of aliphatic carboxylic acids is 1. The lowest BCUT2D eigenvalue weighted by Crippen LogP contribution is -2.55. The molecule has 0 bridgehead atoms. The number of likely N-dealkylation sites (N-methyl/N-ethyl adjacent to an activating group) is 1. The van der Waals surface area contributed by atoms with Crippen molar-refractivity contribution in [2.45, 2.75) is 24.9 Å². The first-order valence-electron chi connectivity index (χ1n) is 9.84. The van der Waals surface area contributed by atoms with E-state index in [9.17, 15) is 28.7 Å². The molecule has 3 rings (SSSR count). The van der Waals surface area contributed by atoms with Gasteiger partial charge in [0.2, 0.25) is 0 Å². The van der Waals surface area contributed by atoms with Gasteiger partial charge in [0, 0.05) is 25.7 Å². The van der Waals surface area contributed by atoms with Crippen LogP contribution in [0.4, 0.5) is 9.18 Å². The summed E-state index contributed by atoms with van der Waals surface area (Å²) in [5, 5.41) is 14.1. The average molecular weight is 439 g/mol. The number of nitrogens with zero attached hydrogens (tertiary/aromatic N) is 1. The number of amides is 3. The molecule has 0 fully saturated rings. The van der Waals surface area contributed by atoms with E-state index < -0.39 is 42.2 Å². The second kappa shape index (κ2) is 9.86. The van der Waals surface area contributed by atoms with E-state index in [0.29, 0.717) is 11.1 Å². The molecule has 8 nitrogen and oxygen atoms in total. The molecule has 2 unspecified atom stereocenters. The smallest absolute Gasteiger partial charge is 0.316 e. The van der Waals surface area contributed by atoms with Crippen molar-refractivity contribution in [1.29, 1.82) is 0 Å². The van der Waals surface area contributed by atoms with Gasteiger partial charge in [-0.25, -0.2) is 9.18 Å². The first-order chi connectivity index (χ1) is 15.2. The number of benzene rings is 2. The van der Waals surface area contributed by atoms with Crippen molar-refractivity contribution in [2.75, 3.05) is 7.05 Å². The van der Waals surface area contributed by atoms with Gasteiger partial charge in [0.25, 0.3) is 5.91 Å². The minimum absolute atomic E-state index is 0.288. The number of carboxylic acids is 1. The Hall–Kier alpha value is -4.01. The van der Waals surface area contributed by atoms with Gasteiger partial charge in [-0.15, -0.1) is 0 Å². The minimum Gasteiger partial charge on any atom is -0.481 e. The van der Waals surface area contributed by atoms with Crippen molar-refractivity contribution in [2.24, 2.45) is 0 Å². The molecule has 0 radical (unpaired) electrons. The number of hydrogen-bond donors (Lipinski definition) is 3. The number of ketones is 1. The Bertz CT molecular complexity index is 1080. The van der Waals surface area contributed by atoms with E-state index in [1.54, 1.807) is 42.5 Å². The third-order valence-electron chi connectivity index (χ3n) is 5.01. The standard InChI is InChI=1S/C23H22FN3O5/c1-27-10-9-19(28)21(22(27)31)26-23(32)25-18(13-20(29)30)16-7-4-5-14(12-16)11-15-6-2-3-8-17(15)24/h2-10,12,18,21H,11,13H2,1H3,(H,29,30)(H2,25,26,32). The van der Waals surface area contributed by atoms with Crippen LogP contribution in [0.3, 0.4) is 0 Å². The summed E-state index contributed by atoms with van der Waals surface area (Å²) in [7, 11) is 1.45. The average Bonchev–Trinajstić information content (AvgIpc) is 2.75. The number of carbonyl (C=O) groups excluding carboxylic acids is 3. The molecule has 166 valence electrons. The molecule has 3 amide bonds. The number of halogens is 1. The third-order valence-corrected chi connectivity index (χ3v) is 5.01. The molecule has 1 aliphatic rings. The van der Waals surface area contributed by atoms with E-state index in [-0.39, 0.29) is 12.2 Å². The van der Waals surface area contributed by atoms with Crippen LogP contribution in [0.1, 0.15) is 29.2 Å². The fraction of sp³-hybridized carbons (Fsp3) is 0.217. The lowest BCUT2D eigenvalue weighted by molar-refractivity contribution is -0.138. The predicted octanol–water partition coefficient (Wildman–Crippen LogP) is 2.15. The molecule has 0 saturated heterocycles. The highest BCUT2D eigenvalue weighted by Gasteiger charge is 2.32. The van der Waals surface area contributed by atoms with Gasteiger partial charge in [-0.05, 0) is 22.8 Å². The van der Waals surface area contributed by atoms with Crippen LogP contribution >= 0.6 is 0 Å². The van der Waals surface area contributed by atoms with Crippen LogP contribution in [0, 0.1) is 5.82 Å². The van der Waals surface area contributed by atoms with Crippen molar-refractivity contribution < 1.29 is 28.7 Å². The highest BCUT2D eigenvalue weighted by molar-refractivity contribution is 6.14. The van der Waals surface area contributed by atoms with Crippen LogP contribution in [-0.2, 0) is 20.8 Å². The predicted molar refractivity (Wildman–Crippen MR) is 113 cm³/mol. The fourth-order valence-electron chi connectivity index (χ4n) is 3.35. The quantitative estimate of drug-likeness (QED) is 0.572. The topological polar surface area (TPSA) is 116 Å². The highest BCUT2D eigenvalue weighted by Crippen LogP contribution is 2.21. The zero-order chi connectivity index (χ0) is 23.3. The van der Waals surface area contributed by atoms with E-state index in [1.165, 1.54) is 30.3 Å². The molecule has 0 aromatic heterocycles. The number of carbonyl (C=O) groups is 4. The van der Waals surface area contributed by atoms with Crippen molar-refractivity contribution in [3.8, 4) is 0 Å². The largest absolute Gasteiger partial charge is 0.481 e. The summed E-state index contributed by atoms with van der Waals surface area (Å²) < 4.78 is 14.0. The van der Waals surface area contributed by atoms with E-state index in [1.807, 2.05) is 0 Å². The molecule has 1 aliphatic heterocycles. The van der Waals surface area contributed by atoms with Gasteiger partial charge in [0.1, 0.15) is 5.82 Å². The molecular weight excluding hydrogens is 417 g/mol. The normalized spacial score (nSPS) is 16.6. The van der Waals surface area contributed by atoms with Gasteiger partial charge in [0.05, 0.1) is 12.5 Å². The van der Waals surface area contributed by atoms with Gasteiger partial charge >= 0.3 is 12.0 Å². The number of hydrogen-bond acceptors (Lipinski definition) is 4.